The molecule has 0 aliphatic rings. The monoisotopic (exact) mass is 252 g/mol. The minimum Gasteiger partial charge on any atom is -0.351 e. The number of thioether (sulfide) groups is 1. The zero-order valence-corrected chi connectivity index (χ0v) is 10.5. The van der Waals surface area contributed by atoms with Crippen LogP contribution in [0.5, 0.6) is 0 Å². The Morgan fingerprint density at radius 1 is 1.29 bits per heavy atom. The van der Waals surface area contributed by atoms with Gasteiger partial charge in [-0.25, -0.2) is 0 Å². The summed E-state index contributed by atoms with van der Waals surface area (Å²) in [6.45, 7) is 2.44. The van der Waals surface area contributed by atoms with E-state index in [2.05, 4.69) is 5.32 Å². The van der Waals surface area contributed by atoms with Crippen LogP contribution in [0.3, 0.4) is 0 Å². The van der Waals surface area contributed by atoms with Crippen LogP contribution in [0.4, 0.5) is 0 Å². The highest BCUT2D eigenvalue weighted by atomic mass is 32.2. The molecule has 0 aromatic heterocycles. The Morgan fingerprint density at radius 3 is 2.47 bits per heavy atom. The van der Waals surface area contributed by atoms with Gasteiger partial charge in [-0.05, 0) is 17.7 Å². The highest BCUT2D eigenvalue weighted by molar-refractivity contribution is 8.12. The van der Waals surface area contributed by atoms with Gasteiger partial charge in [0.2, 0.25) is 0 Å². The molecule has 5 heteroatoms. The first-order valence-corrected chi connectivity index (χ1v) is 6.32. The van der Waals surface area contributed by atoms with Crippen molar-refractivity contribution in [3.8, 4) is 0 Å². The Balaban J connectivity index is 2.55. The molecular formula is C12H16N2O2S. The van der Waals surface area contributed by atoms with Crippen LogP contribution in [-0.2, 0) is 10.5 Å². The number of hydrogen-bond acceptors (Lipinski definition) is 4. The van der Waals surface area contributed by atoms with Gasteiger partial charge in [0, 0.05) is 31.3 Å². The van der Waals surface area contributed by atoms with Crippen LogP contribution < -0.4 is 11.1 Å². The minimum atomic E-state index is -0.124. The van der Waals surface area contributed by atoms with Gasteiger partial charge in [0.05, 0.1) is 0 Å². The molecule has 0 bridgehead atoms. The second-order valence-electron chi connectivity index (χ2n) is 3.52. The molecule has 3 N–H and O–H groups in total. The molecule has 0 aliphatic heterocycles. The molecule has 1 aromatic carbocycles. The van der Waals surface area contributed by atoms with Crippen LogP contribution in [-0.4, -0.2) is 24.1 Å². The van der Waals surface area contributed by atoms with Gasteiger partial charge in [0.25, 0.3) is 5.91 Å². The van der Waals surface area contributed by atoms with Crippen molar-refractivity contribution < 1.29 is 9.59 Å². The van der Waals surface area contributed by atoms with E-state index in [4.69, 9.17) is 5.73 Å². The summed E-state index contributed by atoms with van der Waals surface area (Å²) >= 11 is 1.26. The fourth-order valence-electron chi connectivity index (χ4n) is 1.23. The van der Waals surface area contributed by atoms with Gasteiger partial charge in [0.15, 0.2) is 5.12 Å². The van der Waals surface area contributed by atoms with E-state index in [0.29, 0.717) is 24.4 Å². The second kappa shape index (κ2) is 7.09. The van der Waals surface area contributed by atoms with Crippen LogP contribution in [0.15, 0.2) is 24.3 Å². The highest BCUT2D eigenvalue weighted by Gasteiger charge is 2.04. The van der Waals surface area contributed by atoms with E-state index in [1.54, 1.807) is 19.1 Å². The summed E-state index contributed by atoms with van der Waals surface area (Å²) in [7, 11) is 0. The predicted octanol–water partition coefficient (Wildman–Crippen LogP) is 1.15. The number of nitrogens with two attached hydrogens (primary N) is 1. The normalized spacial score (nSPS) is 10.0. The fraction of sp³-hybridized carbons (Fsp3) is 0.333. The Hall–Kier alpha value is -1.33. The standard InChI is InChI=1S/C12H16N2O2S/c1-9(15)17-8-10-2-4-11(5-3-10)12(16)14-7-6-13/h2-5H,6-8,13H2,1H3,(H,14,16). The molecule has 0 radical (unpaired) electrons. The smallest absolute Gasteiger partial charge is 0.251 e. The lowest BCUT2D eigenvalue weighted by Crippen LogP contribution is -2.28. The van der Waals surface area contributed by atoms with Gasteiger partial charge >= 0.3 is 0 Å². The van der Waals surface area contributed by atoms with Crippen LogP contribution in [0.2, 0.25) is 0 Å². The number of carbonyl (C=O) groups excluding carboxylic acids is 2. The quantitative estimate of drug-likeness (QED) is 0.824. The number of nitrogens with one attached hydrogen (secondary N) is 1. The van der Waals surface area contributed by atoms with E-state index >= 15 is 0 Å². The van der Waals surface area contributed by atoms with Gasteiger partial charge in [-0.2, -0.15) is 0 Å². The van der Waals surface area contributed by atoms with Gasteiger partial charge < -0.3 is 11.1 Å². The lowest BCUT2D eigenvalue weighted by molar-refractivity contribution is -0.109. The zero-order valence-electron chi connectivity index (χ0n) is 9.73. The summed E-state index contributed by atoms with van der Waals surface area (Å²) in [6.07, 6.45) is 0. The summed E-state index contributed by atoms with van der Waals surface area (Å²) < 4.78 is 0. The molecule has 0 aliphatic carbocycles. The molecule has 0 unspecified atom stereocenters. The predicted molar refractivity (Wildman–Crippen MR) is 69.8 cm³/mol. The average Bonchev–Trinajstić information content (AvgIpc) is 2.34. The van der Waals surface area contributed by atoms with Crippen molar-refractivity contribution >= 4 is 22.8 Å². The van der Waals surface area contributed by atoms with Crippen LogP contribution in [0.25, 0.3) is 0 Å². The van der Waals surface area contributed by atoms with Crippen LogP contribution in [0, 0.1) is 0 Å². The SMILES string of the molecule is CC(=O)SCc1ccc(C(=O)NCCN)cc1. The molecule has 0 fully saturated rings. The number of hydrogen-bond donors (Lipinski definition) is 2. The van der Waals surface area contributed by atoms with Gasteiger partial charge in [-0.15, -0.1) is 0 Å². The Bertz CT molecular complexity index is 390. The topological polar surface area (TPSA) is 72.2 Å². The van der Waals surface area contributed by atoms with E-state index in [1.165, 1.54) is 11.8 Å². The number of benzene rings is 1. The summed E-state index contributed by atoms with van der Waals surface area (Å²) in [6, 6.07) is 7.21. The molecule has 4 nitrogen and oxygen atoms in total. The Kier molecular flexibility index (Phi) is 5.72. The first kappa shape index (κ1) is 13.7. The van der Waals surface area contributed by atoms with Gasteiger partial charge in [-0.1, -0.05) is 23.9 Å². The molecule has 0 spiro atoms. The number of rotatable bonds is 5. The van der Waals surface area contributed by atoms with Crippen molar-refractivity contribution in [2.45, 2.75) is 12.7 Å². The minimum absolute atomic E-state index is 0.0924. The van der Waals surface area contributed by atoms with Crippen LogP contribution in [0.1, 0.15) is 22.8 Å². The van der Waals surface area contributed by atoms with Crippen molar-refractivity contribution in [1.29, 1.82) is 0 Å². The van der Waals surface area contributed by atoms with Gasteiger partial charge in [-0.3, -0.25) is 9.59 Å². The molecule has 1 amide bonds. The molecule has 92 valence electrons. The maximum atomic E-state index is 11.6. The van der Waals surface area contributed by atoms with Crippen molar-refractivity contribution in [3.63, 3.8) is 0 Å². The first-order chi connectivity index (χ1) is 8.13. The first-order valence-electron chi connectivity index (χ1n) is 5.34. The fourth-order valence-corrected chi connectivity index (χ4v) is 1.79. The highest BCUT2D eigenvalue weighted by Crippen LogP contribution is 2.13. The third-order valence-electron chi connectivity index (χ3n) is 2.09. The van der Waals surface area contributed by atoms with E-state index in [1.807, 2.05) is 12.1 Å². The second-order valence-corrected chi connectivity index (χ2v) is 4.67. The summed E-state index contributed by atoms with van der Waals surface area (Å²) in [5.41, 5.74) is 6.93. The molecule has 1 rings (SSSR count). The molecule has 0 heterocycles. The van der Waals surface area contributed by atoms with Crippen molar-refractivity contribution in [3.05, 3.63) is 35.4 Å². The van der Waals surface area contributed by atoms with E-state index in [0.717, 1.165) is 5.56 Å². The lowest BCUT2D eigenvalue weighted by Gasteiger charge is -2.04. The third kappa shape index (κ3) is 5.01. The van der Waals surface area contributed by atoms with Crippen molar-refractivity contribution in [2.75, 3.05) is 13.1 Å². The number of carbonyl (C=O) groups is 2. The largest absolute Gasteiger partial charge is 0.351 e. The molecule has 0 saturated heterocycles. The van der Waals surface area contributed by atoms with Crippen LogP contribution >= 0.6 is 11.8 Å². The Morgan fingerprint density at radius 2 is 1.94 bits per heavy atom. The average molecular weight is 252 g/mol. The van der Waals surface area contributed by atoms with E-state index in [9.17, 15) is 9.59 Å². The number of amides is 1. The van der Waals surface area contributed by atoms with Gasteiger partial charge in [0.1, 0.15) is 0 Å². The molecule has 0 atom stereocenters. The van der Waals surface area contributed by atoms with E-state index in [-0.39, 0.29) is 11.0 Å². The molecule has 0 saturated carbocycles. The Labute approximate surface area is 105 Å². The van der Waals surface area contributed by atoms with E-state index < -0.39 is 0 Å². The summed E-state index contributed by atoms with van der Waals surface area (Å²) in [5, 5.41) is 2.79. The van der Waals surface area contributed by atoms with Crippen molar-refractivity contribution in [1.82, 2.24) is 5.32 Å². The van der Waals surface area contributed by atoms with Crippen molar-refractivity contribution in [2.24, 2.45) is 5.73 Å². The summed E-state index contributed by atoms with van der Waals surface area (Å²) in [5.74, 6) is 0.515. The maximum absolute atomic E-state index is 11.6. The third-order valence-corrected chi connectivity index (χ3v) is 2.97. The molecule has 1 aromatic rings. The lowest BCUT2D eigenvalue weighted by atomic mass is 10.1. The molecular weight excluding hydrogens is 236 g/mol. The summed E-state index contributed by atoms with van der Waals surface area (Å²) in [4.78, 5) is 22.4. The maximum Gasteiger partial charge on any atom is 0.251 e. The zero-order chi connectivity index (χ0) is 12.7. The molecule has 17 heavy (non-hydrogen) atoms.